The Bertz CT molecular complexity index is 470. The lowest BCUT2D eigenvalue weighted by molar-refractivity contribution is 0.273. The van der Waals surface area contributed by atoms with E-state index >= 15 is 0 Å². The minimum Gasteiger partial charge on any atom is -0.496 e. The second-order valence-electron chi connectivity index (χ2n) is 6.52. The van der Waals surface area contributed by atoms with E-state index in [1.807, 2.05) is 12.1 Å². The highest BCUT2D eigenvalue weighted by molar-refractivity contribution is 6.31. The van der Waals surface area contributed by atoms with Crippen molar-refractivity contribution < 1.29 is 4.74 Å². The van der Waals surface area contributed by atoms with Gasteiger partial charge in [0.2, 0.25) is 0 Å². The van der Waals surface area contributed by atoms with Gasteiger partial charge in [-0.15, -0.1) is 0 Å². The van der Waals surface area contributed by atoms with Crippen LogP contribution in [-0.4, -0.2) is 13.7 Å². The molecule has 0 spiro atoms. The Morgan fingerprint density at radius 3 is 2.80 bits per heavy atom. The van der Waals surface area contributed by atoms with Gasteiger partial charge in [-0.1, -0.05) is 32.4 Å². The van der Waals surface area contributed by atoms with E-state index in [9.17, 15) is 0 Å². The van der Waals surface area contributed by atoms with Crippen molar-refractivity contribution in [3.05, 3.63) is 28.3 Å². The van der Waals surface area contributed by atoms with Crippen LogP contribution in [0.2, 0.25) is 5.02 Å². The summed E-state index contributed by atoms with van der Waals surface area (Å²) in [4.78, 5) is 0. The van der Waals surface area contributed by atoms with Gasteiger partial charge in [0.1, 0.15) is 5.75 Å². The average Bonchev–Trinajstić information content (AvgIpc) is 2.54. The molecule has 1 unspecified atom stereocenters. The smallest absolute Gasteiger partial charge is 0.122 e. The molecule has 0 fully saturated rings. The molecule has 1 aromatic carbocycles. The van der Waals surface area contributed by atoms with E-state index in [4.69, 9.17) is 16.3 Å². The number of ether oxygens (including phenoxy) is 1. The van der Waals surface area contributed by atoms with Crippen LogP contribution in [0, 0.1) is 5.41 Å². The molecule has 2 nitrogen and oxygen atoms in total. The summed E-state index contributed by atoms with van der Waals surface area (Å²) in [5.41, 5.74) is 2.86. The molecule has 1 atom stereocenters. The number of hydrogen-bond acceptors (Lipinski definition) is 2. The Hall–Kier alpha value is -0.730. The second-order valence-corrected chi connectivity index (χ2v) is 6.92. The average molecular weight is 296 g/mol. The third kappa shape index (κ3) is 3.29. The molecule has 20 heavy (non-hydrogen) atoms. The van der Waals surface area contributed by atoms with Gasteiger partial charge in [-0.3, -0.25) is 0 Å². The Labute approximate surface area is 127 Å². The lowest BCUT2D eigenvalue weighted by atomic mass is 9.83. The Kier molecular flexibility index (Phi) is 4.98. The van der Waals surface area contributed by atoms with Crippen LogP contribution >= 0.6 is 11.6 Å². The number of halogens is 1. The van der Waals surface area contributed by atoms with E-state index < -0.39 is 0 Å². The highest BCUT2D eigenvalue weighted by atomic mass is 35.5. The fourth-order valence-electron chi connectivity index (χ4n) is 3.15. The normalized spacial score (nSPS) is 21.1. The molecule has 1 aromatic rings. The van der Waals surface area contributed by atoms with Gasteiger partial charge in [0.05, 0.1) is 7.11 Å². The lowest BCUT2D eigenvalue weighted by Gasteiger charge is -2.28. The lowest BCUT2D eigenvalue weighted by Crippen LogP contribution is -2.26. The van der Waals surface area contributed by atoms with Gasteiger partial charge in [-0.25, -0.2) is 0 Å². The van der Waals surface area contributed by atoms with E-state index in [1.54, 1.807) is 7.11 Å². The van der Waals surface area contributed by atoms with E-state index in [2.05, 4.69) is 26.1 Å². The fourth-order valence-corrected chi connectivity index (χ4v) is 3.46. The van der Waals surface area contributed by atoms with Crippen LogP contribution in [0.1, 0.15) is 57.2 Å². The molecule has 1 N–H and O–H groups in total. The van der Waals surface area contributed by atoms with E-state index in [0.717, 1.165) is 36.6 Å². The second kappa shape index (κ2) is 6.36. The molecular weight excluding hydrogens is 270 g/mol. The van der Waals surface area contributed by atoms with Crippen molar-refractivity contribution >= 4 is 11.6 Å². The maximum atomic E-state index is 6.51. The Morgan fingerprint density at radius 2 is 2.15 bits per heavy atom. The van der Waals surface area contributed by atoms with Crippen LogP contribution in [0.3, 0.4) is 0 Å². The number of benzene rings is 1. The SMILES string of the molecule is CCCNC1CC(C)(C)CCc2c(OC)ccc(Cl)c21. The molecular formula is C17H26ClNO. The van der Waals surface area contributed by atoms with Crippen molar-refractivity contribution in [1.29, 1.82) is 0 Å². The molecule has 0 heterocycles. The van der Waals surface area contributed by atoms with Gasteiger partial charge in [0.25, 0.3) is 0 Å². The minimum atomic E-state index is 0.318. The largest absolute Gasteiger partial charge is 0.496 e. The van der Waals surface area contributed by atoms with Crippen LogP contribution in [0.4, 0.5) is 0 Å². The molecule has 112 valence electrons. The molecule has 0 amide bonds. The van der Waals surface area contributed by atoms with Crippen LogP contribution in [-0.2, 0) is 6.42 Å². The zero-order chi connectivity index (χ0) is 14.8. The van der Waals surface area contributed by atoms with Crippen LogP contribution < -0.4 is 10.1 Å². The first kappa shape index (κ1) is 15.7. The summed E-state index contributed by atoms with van der Waals surface area (Å²) >= 11 is 6.51. The Morgan fingerprint density at radius 1 is 1.40 bits per heavy atom. The monoisotopic (exact) mass is 295 g/mol. The van der Waals surface area contributed by atoms with Gasteiger partial charge in [-0.2, -0.15) is 0 Å². The quantitative estimate of drug-likeness (QED) is 0.809. The first-order valence-electron chi connectivity index (χ1n) is 7.57. The highest BCUT2D eigenvalue weighted by Crippen LogP contribution is 2.44. The third-order valence-corrected chi connectivity index (χ3v) is 4.61. The minimum absolute atomic E-state index is 0.318. The van der Waals surface area contributed by atoms with Crippen molar-refractivity contribution in [1.82, 2.24) is 5.32 Å². The molecule has 1 aliphatic rings. The van der Waals surface area contributed by atoms with E-state index in [-0.39, 0.29) is 0 Å². The fraction of sp³-hybridized carbons (Fsp3) is 0.647. The summed E-state index contributed by atoms with van der Waals surface area (Å²) in [6.07, 6.45) is 4.46. The van der Waals surface area contributed by atoms with Gasteiger partial charge >= 0.3 is 0 Å². The summed E-state index contributed by atoms with van der Waals surface area (Å²) in [5.74, 6) is 0.977. The number of methoxy groups -OCH3 is 1. The zero-order valence-electron chi connectivity index (χ0n) is 13.1. The molecule has 3 heteroatoms. The molecule has 0 saturated heterocycles. The maximum Gasteiger partial charge on any atom is 0.122 e. The van der Waals surface area contributed by atoms with Crippen LogP contribution in [0.5, 0.6) is 5.75 Å². The molecule has 0 radical (unpaired) electrons. The molecule has 1 aliphatic carbocycles. The zero-order valence-corrected chi connectivity index (χ0v) is 13.8. The van der Waals surface area contributed by atoms with Crippen molar-refractivity contribution in [2.75, 3.05) is 13.7 Å². The predicted molar refractivity (Wildman–Crippen MR) is 85.8 cm³/mol. The molecule has 0 aliphatic heterocycles. The van der Waals surface area contributed by atoms with Crippen LogP contribution in [0.15, 0.2) is 12.1 Å². The van der Waals surface area contributed by atoms with Gasteiger partial charge in [0.15, 0.2) is 0 Å². The highest BCUT2D eigenvalue weighted by Gasteiger charge is 2.32. The van der Waals surface area contributed by atoms with Gasteiger partial charge in [0, 0.05) is 16.6 Å². The number of rotatable bonds is 4. The Balaban J connectivity index is 2.46. The summed E-state index contributed by atoms with van der Waals surface area (Å²) in [6.45, 7) is 7.91. The molecule has 0 saturated carbocycles. The van der Waals surface area contributed by atoms with Crippen molar-refractivity contribution in [2.45, 2.75) is 52.5 Å². The summed E-state index contributed by atoms with van der Waals surface area (Å²) in [7, 11) is 1.74. The number of nitrogens with one attached hydrogen (secondary N) is 1. The summed E-state index contributed by atoms with van der Waals surface area (Å²) in [5, 5.41) is 4.54. The van der Waals surface area contributed by atoms with Gasteiger partial charge in [-0.05, 0) is 55.3 Å². The van der Waals surface area contributed by atoms with Crippen molar-refractivity contribution in [3.63, 3.8) is 0 Å². The molecule has 0 bridgehead atoms. The standard InChI is InChI=1S/C17H26ClNO/c1-5-10-19-14-11-17(2,3)9-8-12-15(20-4)7-6-13(18)16(12)14/h6-7,14,19H,5,8-11H2,1-4H3. The number of hydrogen-bond donors (Lipinski definition) is 1. The summed E-state index contributed by atoms with van der Waals surface area (Å²) < 4.78 is 5.56. The van der Waals surface area contributed by atoms with Crippen molar-refractivity contribution in [2.24, 2.45) is 5.41 Å². The number of fused-ring (bicyclic) bond motifs is 1. The third-order valence-electron chi connectivity index (χ3n) is 4.28. The predicted octanol–water partition coefficient (Wildman–Crippen LogP) is 4.75. The van der Waals surface area contributed by atoms with Crippen molar-refractivity contribution in [3.8, 4) is 5.75 Å². The first-order valence-corrected chi connectivity index (χ1v) is 7.95. The van der Waals surface area contributed by atoms with Crippen LogP contribution in [0.25, 0.3) is 0 Å². The van der Waals surface area contributed by atoms with E-state index in [1.165, 1.54) is 17.5 Å². The van der Waals surface area contributed by atoms with E-state index in [0.29, 0.717) is 11.5 Å². The maximum absolute atomic E-state index is 6.51. The summed E-state index contributed by atoms with van der Waals surface area (Å²) in [6, 6.07) is 4.29. The molecule has 2 rings (SSSR count). The topological polar surface area (TPSA) is 21.3 Å². The first-order chi connectivity index (χ1) is 9.48. The van der Waals surface area contributed by atoms with Gasteiger partial charge < -0.3 is 10.1 Å². The molecule has 0 aromatic heterocycles.